The zero-order valence-electron chi connectivity index (χ0n) is 12.8. The van der Waals surface area contributed by atoms with Crippen molar-refractivity contribution in [3.05, 3.63) is 29.8 Å². The fourth-order valence-corrected chi connectivity index (χ4v) is 3.06. The highest BCUT2D eigenvalue weighted by molar-refractivity contribution is 7.91. The Labute approximate surface area is 127 Å². The molecule has 0 bridgehead atoms. The molecule has 0 spiro atoms. The molecule has 0 saturated carbocycles. The lowest BCUT2D eigenvalue weighted by atomic mass is 10.2. The summed E-state index contributed by atoms with van der Waals surface area (Å²) in [6, 6.07) is 6.13. The van der Waals surface area contributed by atoms with Crippen molar-refractivity contribution in [3.63, 3.8) is 0 Å². The number of nitrogen functional groups attached to an aromatic ring is 1. The van der Waals surface area contributed by atoms with Gasteiger partial charge in [-0.3, -0.25) is 5.41 Å². The van der Waals surface area contributed by atoms with Crippen LogP contribution in [0.5, 0.6) is 0 Å². The summed E-state index contributed by atoms with van der Waals surface area (Å²) in [5.41, 5.74) is 5.88. The van der Waals surface area contributed by atoms with E-state index >= 15 is 0 Å². The van der Waals surface area contributed by atoms with Crippen LogP contribution in [0.3, 0.4) is 0 Å². The van der Waals surface area contributed by atoms with Gasteiger partial charge in [-0.25, -0.2) is 8.42 Å². The predicted octanol–water partition coefficient (Wildman–Crippen LogP) is 0.238. The quantitative estimate of drug-likeness (QED) is 0.530. The third-order valence-electron chi connectivity index (χ3n) is 3.20. The molecule has 0 fully saturated rings. The Bertz CT molecular complexity index is 567. The molecular weight excluding hydrogens is 288 g/mol. The number of likely N-dealkylation sites (N-methyl/N-ethyl adjacent to an activating group) is 2. The summed E-state index contributed by atoms with van der Waals surface area (Å²) in [6.45, 7) is 2.21. The monoisotopic (exact) mass is 312 g/mol. The first-order chi connectivity index (χ1) is 9.72. The smallest absolute Gasteiger partial charge is 0.179 e. The van der Waals surface area contributed by atoms with Crippen molar-refractivity contribution >= 4 is 15.7 Å². The van der Waals surface area contributed by atoms with Crippen LogP contribution in [0, 0.1) is 5.41 Å². The van der Waals surface area contributed by atoms with E-state index < -0.39 is 9.84 Å². The van der Waals surface area contributed by atoms with Crippen LogP contribution in [0.1, 0.15) is 5.56 Å². The minimum absolute atomic E-state index is 0.0673. The van der Waals surface area contributed by atoms with Gasteiger partial charge in [0, 0.05) is 25.2 Å². The van der Waals surface area contributed by atoms with Gasteiger partial charge in [-0.05, 0) is 33.3 Å². The first-order valence-electron chi connectivity index (χ1n) is 6.73. The molecule has 1 aromatic rings. The summed E-state index contributed by atoms with van der Waals surface area (Å²) < 4.78 is 24.5. The lowest BCUT2D eigenvalue weighted by Crippen LogP contribution is -2.32. The molecule has 6 nitrogen and oxygen atoms in total. The molecule has 0 aliphatic rings. The molecule has 21 heavy (non-hydrogen) atoms. The van der Waals surface area contributed by atoms with Crippen molar-refractivity contribution < 1.29 is 8.42 Å². The SMILES string of the molecule is CN(C)CCN(C)CCS(=O)(=O)c1ccc(C(=N)N)cc1. The van der Waals surface area contributed by atoms with Crippen molar-refractivity contribution in [2.45, 2.75) is 4.90 Å². The van der Waals surface area contributed by atoms with Crippen LogP contribution in [-0.4, -0.2) is 70.6 Å². The summed E-state index contributed by atoms with van der Waals surface area (Å²) in [5, 5.41) is 7.30. The largest absolute Gasteiger partial charge is 0.384 e. The summed E-state index contributed by atoms with van der Waals surface area (Å²) >= 11 is 0. The fourth-order valence-electron chi connectivity index (χ4n) is 1.72. The van der Waals surface area contributed by atoms with Crippen molar-refractivity contribution in [3.8, 4) is 0 Å². The standard InChI is InChI=1S/C14H24N4O2S/c1-17(2)8-9-18(3)10-11-21(19,20)13-6-4-12(5-7-13)14(15)16/h4-7H,8-11H2,1-3H3,(H3,15,16). The zero-order valence-corrected chi connectivity index (χ0v) is 13.7. The van der Waals surface area contributed by atoms with Crippen LogP contribution >= 0.6 is 0 Å². The van der Waals surface area contributed by atoms with E-state index in [2.05, 4.69) is 4.90 Å². The second-order valence-corrected chi connectivity index (χ2v) is 7.47. The molecule has 1 aromatic carbocycles. The Morgan fingerprint density at radius 2 is 1.67 bits per heavy atom. The molecule has 0 heterocycles. The number of hydrogen-bond acceptors (Lipinski definition) is 5. The Hall–Kier alpha value is -1.44. The molecule has 0 radical (unpaired) electrons. The van der Waals surface area contributed by atoms with E-state index in [4.69, 9.17) is 11.1 Å². The lowest BCUT2D eigenvalue weighted by Gasteiger charge is -2.19. The normalized spacial score (nSPS) is 12.0. The van der Waals surface area contributed by atoms with Crippen LogP contribution in [0.15, 0.2) is 29.2 Å². The van der Waals surface area contributed by atoms with Crippen molar-refractivity contribution in [1.29, 1.82) is 5.41 Å². The third kappa shape index (κ3) is 5.82. The molecule has 3 N–H and O–H groups in total. The van der Waals surface area contributed by atoms with Crippen molar-refractivity contribution in [2.75, 3.05) is 46.5 Å². The Balaban J connectivity index is 2.62. The van der Waals surface area contributed by atoms with Crippen LogP contribution in [0.25, 0.3) is 0 Å². The summed E-state index contributed by atoms with van der Waals surface area (Å²) in [4.78, 5) is 4.33. The summed E-state index contributed by atoms with van der Waals surface area (Å²) in [5.74, 6) is 0.0125. The van der Waals surface area contributed by atoms with Gasteiger partial charge in [-0.2, -0.15) is 0 Å². The van der Waals surface area contributed by atoms with Gasteiger partial charge in [0.05, 0.1) is 10.6 Å². The fraction of sp³-hybridized carbons (Fsp3) is 0.500. The number of benzene rings is 1. The summed E-state index contributed by atoms with van der Waals surface area (Å²) in [7, 11) is 2.59. The highest BCUT2D eigenvalue weighted by Gasteiger charge is 2.15. The van der Waals surface area contributed by atoms with Gasteiger partial charge in [0.2, 0.25) is 0 Å². The van der Waals surface area contributed by atoms with Gasteiger partial charge in [-0.1, -0.05) is 12.1 Å². The molecule has 0 atom stereocenters. The highest BCUT2D eigenvalue weighted by atomic mass is 32.2. The highest BCUT2D eigenvalue weighted by Crippen LogP contribution is 2.12. The number of nitrogens with two attached hydrogens (primary N) is 1. The molecular formula is C14H24N4O2S. The molecule has 0 aliphatic carbocycles. The molecule has 0 amide bonds. The molecule has 0 aromatic heterocycles. The van der Waals surface area contributed by atoms with Crippen molar-refractivity contribution in [1.82, 2.24) is 9.80 Å². The van der Waals surface area contributed by atoms with Gasteiger partial charge in [0.1, 0.15) is 5.84 Å². The number of hydrogen-bond donors (Lipinski definition) is 2. The molecule has 0 saturated heterocycles. The van der Waals surface area contributed by atoms with Crippen molar-refractivity contribution in [2.24, 2.45) is 5.73 Å². The second-order valence-electron chi connectivity index (χ2n) is 5.36. The van der Waals surface area contributed by atoms with E-state index in [1.165, 1.54) is 12.1 Å². The van der Waals surface area contributed by atoms with Crippen LogP contribution < -0.4 is 5.73 Å². The second kappa shape index (κ2) is 7.53. The van der Waals surface area contributed by atoms with Crippen LogP contribution in [-0.2, 0) is 9.84 Å². The maximum absolute atomic E-state index is 12.2. The van der Waals surface area contributed by atoms with E-state index in [-0.39, 0.29) is 16.5 Å². The molecule has 0 aliphatic heterocycles. The van der Waals surface area contributed by atoms with E-state index in [0.717, 1.165) is 13.1 Å². The van der Waals surface area contributed by atoms with Gasteiger partial charge >= 0.3 is 0 Å². The third-order valence-corrected chi connectivity index (χ3v) is 4.91. The Kier molecular flexibility index (Phi) is 6.32. The number of nitrogens with one attached hydrogen (secondary N) is 1. The molecule has 118 valence electrons. The van der Waals surface area contributed by atoms with Gasteiger partial charge in [-0.15, -0.1) is 0 Å². The minimum Gasteiger partial charge on any atom is -0.384 e. The topological polar surface area (TPSA) is 90.5 Å². The van der Waals surface area contributed by atoms with Gasteiger partial charge in [0.25, 0.3) is 0 Å². The summed E-state index contributed by atoms with van der Waals surface area (Å²) in [6.07, 6.45) is 0. The molecule has 7 heteroatoms. The van der Waals surface area contributed by atoms with Gasteiger partial charge < -0.3 is 15.5 Å². The number of sulfone groups is 1. The lowest BCUT2D eigenvalue weighted by molar-refractivity contribution is 0.293. The Morgan fingerprint density at radius 1 is 1.10 bits per heavy atom. The Morgan fingerprint density at radius 3 is 2.14 bits per heavy atom. The van der Waals surface area contributed by atoms with Crippen LogP contribution in [0.2, 0.25) is 0 Å². The molecule has 0 unspecified atom stereocenters. The van der Waals surface area contributed by atoms with Gasteiger partial charge in [0.15, 0.2) is 9.84 Å². The maximum atomic E-state index is 12.2. The first-order valence-corrected chi connectivity index (χ1v) is 8.38. The number of amidine groups is 1. The zero-order chi connectivity index (χ0) is 16.0. The number of nitrogens with zero attached hydrogens (tertiary/aromatic N) is 2. The number of rotatable bonds is 8. The minimum atomic E-state index is -3.30. The van der Waals surface area contributed by atoms with E-state index in [1.807, 2.05) is 26.0 Å². The first kappa shape index (κ1) is 17.6. The van der Waals surface area contributed by atoms with E-state index in [9.17, 15) is 8.42 Å². The van der Waals surface area contributed by atoms with E-state index in [0.29, 0.717) is 12.1 Å². The average Bonchev–Trinajstić information content (AvgIpc) is 2.43. The maximum Gasteiger partial charge on any atom is 0.179 e. The average molecular weight is 312 g/mol. The van der Waals surface area contributed by atoms with E-state index in [1.54, 1.807) is 12.1 Å². The van der Waals surface area contributed by atoms with Crippen LogP contribution in [0.4, 0.5) is 0 Å². The predicted molar refractivity (Wildman–Crippen MR) is 85.6 cm³/mol. The molecule has 1 rings (SSSR count).